The van der Waals surface area contributed by atoms with Gasteiger partial charge < -0.3 is 10.1 Å². The quantitative estimate of drug-likeness (QED) is 0.710. The Hall–Kier alpha value is -2.58. The summed E-state index contributed by atoms with van der Waals surface area (Å²) in [4.78, 5) is 17.0. The number of carbonyl (C=O) groups is 1. The summed E-state index contributed by atoms with van der Waals surface area (Å²) in [5, 5.41) is 3.37. The highest BCUT2D eigenvalue weighted by Crippen LogP contribution is 2.30. The number of sulfone groups is 1. The first kappa shape index (κ1) is 21.1. The Morgan fingerprint density at radius 1 is 1.21 bits per heavy atom. The van der Waals surface area contributed by atoms with Gasteiger partial charge in [-0.15, -0.1) is 0 Å². The second-order valence-electron chi connectivity index (χ2n) is 6.33. The van der Waals surface area contributed by atoms with Crippen molar-refractivity contribution in [1.29, 1.82) is 0 Å². The van der Waals surface area contributed by atoms with Gasteiger partial charge in [-0.1, -0.05) is 43.0 Å². The van der Waals surface area contributed by atoms with Crippen molar-refractivity contribution < 1.29 is 17.9 Å². The topological polar surface area (TPSA) is 84.8 Å². The molecule has 1 atom stereocenters. The average Bonchev–Trinajstić information content (AvgIpc) is 3.21. The molecule has 29 heavy (non-hydrogen) atoms. The summed E-state index contributed by atoms with van der Waals surface area (Å²) >= 11 is 1.50. The number of ether oxygens (including phenoxy) is 1. The van der Waals surface area contributed by atoms with Crippen LogP contribution >= 0.6 is 11.8 Å². The maximum Gasteiger partial charge on any atom is 0.249 e. The molecular weight excluding hydrogens is 408 g/mol. The molecule has 0 spiro atoms. The van der Waals surface area contributed by atoms with Crippen LogP contribution in [-0.4, -0.2) is 38.1 Å². The number of methoxy groups -OCH3 is 1. The largest absolute Gasteiger partial charge is 0.497 e. The second-order valence-corrected chi connectivity index (χ2v) is 9.62. The third kappa shape index (κ3) is 5.48. The first-order valence-electron chi connectivity index (χ1n) is 9.07. The lowest BCUT2D eigenvalue weighted by Gasteiger charge is -2.06. The van der Waals surface area contributed by atoms with E-state index in [1.165, 1.54) is 17.8 Å². The zero-order chi connectivity index (χ0) is 20.9. The molecule has 0 saturated carbocycles. The molecule has 152 valence electrons. The molecule has 0 saturated heterocycles. The Morgan fingerprint density at radius 2 is 1.90 bits per heavy atom. The van der Waals surface area contributed by atoms with Crippen molar-refractivity contribution >= 4 is 38.7 Å². The molecule has 1 aliphatic rings. The van der Waals surface area contributed by atoms with E-state index in [1.54, 1.807) is 44.4 Å². The fourth-order valence-corrected chi connectivity index (χ4v) is 4.55. The summed E-state index contributed by atoms with van der Waals surface area (Å²) in [6.07, 6.45) is 3.05. The molecular formula is C21H22N2O4S2. The smallest absolute Gasteiger partial charge is 0.249 e. The predicted molar refractivity (Wildman–Crippen MR) is 117 cm³/mol. The number of benzene rings is 2. The average molecular weight is 431 g/mol. The van der Waals surface area contributed by atoms with E-state index in [2.05, 4.69) is 10.3 Å². The van der Waals surface area contributed by atoms with E-state index in [-0.39, 0.29) is 22.6 Å². The number of nitrogens with one attached hydrogen (secondary N) is 1. The lowest BCUT2D eigenvalue weighted by molar-refractivity contribution is -0.115. The standard InChI is InChI=1S/C21H22N2O4S2/c1-3-29(25,26)18-11-4-15(5-12-18)6-13-20(24)23-21-22-19(14-28-21)16-7-9-17(27-2)10-8-16/h4-13,19H,3,14H2,1-2H3,(H,22,23,24)/b13-6+. The summed E-state index contributed by atoms with van der Waals surface area (Å²) < 4.78 is 28.8. The van der Waals surface area contributed by atoms with Gasteiger partial charge in [-0.25, -0.2) is 8.42 Å². The number of hydrogen-bond acceptors (Lipinski definition) is 6. The number of amides is 1. The number of aliphatic imine (C=N–C) groups is 1. The van der Waals surface area contributed by atoms with Crippen molar-refractivity contribution in [2.24, 2.45) is 4.99 Å². The van der Waals surface area contributed by atoms with Gasteiger partial charge in [0.05, 0.1) is 23.8 Å². The monoisotopic (exact) mass is 430 g/mol. The van der Waals surface area contributed by atoms with Crippen LogP contribution in [-0.2, 0) is 14.6 Å². The summed E-state index contributed by atoms with van der Waals surface area (Å²) in [5.74, 6) is 1.33. The summed E-state index contributed by atoms with van der Waals surface area (Å²) in [5.41, 5.74) is 1.81. The van der Waals surface area contributed by atoms with E-state index >= 15 is 0 Å². The molecule has 8 heteroatoms. The Kier molecular flexibility index (Phi) is 6.76. The van der Waals surface area contributed by atoms with Crippen LogP contribution in [0.5, 0.6) is 5.75 Å². The minimum atomic E-state index is -3.22. The van der Waals surface area contributed by atoms with Gasteiger partial charge in [0, 0.05) is 11.8 Å². The first-order chi connectivity index (χ1) is 13.9. The van der Waals surface area contributed by atoms with Crippen LogP contribution in [0.4, 0.5) is 0 Å². The summed E-state index contributed by atoms with van der Waals surface area (Å²) in [6.45, 7) is 1.61. The summed E-state index contributed by atoms with van der Waals surface area (Å²) in [6, 6.07) is 14.2. The van der Waals surface area contributed by atoms with Crippen molar-refractivity contribution in [2.75, 3.05) is 18.6 Å². The number of rotatable bonds is 6. The minimum absolute atomic E-state index is 0.00163. The van der Waals surface area contributed by atoms with Crippen LogP contribution < -0.4 is 10.1 Å². The number of hydrogen-bond donors (Lipinski definition) is 1. The molecule has 0 aromatic heterocycles. The Labute approximate surface area is 175 Å². The number of carbonyl (C=O) groups excluding carboxylic acids is 1. The highest BCUT2D eigenvalue weighted by Gasteiger charge is 2.20. The van der Waals surface area contributed by atoms with Gasteiger partial charge in [-0.3, -0.25) is 9.79 Å². The van der Waals surface area contributed by atoms with Gasteiger partial charge in [0.2, 0.25) is 5.91 Å². The van der Waals surface area contributed by atoms with Crippen molar-refractivity contribution in [2.45, 2.75) is 17.9 Å². The number of amidine groups is 1. The molecule has 0 aliphatic carbocycles. The van der Waals surface area contributed by atoms with E-state index in [1.807, 2.05) is 24.3 Å². The molecule has 1 unspecified atom stereocenters. The third-order valence-corrected chi connectivity index (χ3v) is 7.14. The van der Waals surface area contributed by atoms with Gasteiger partial charge in [-0.05, 0) is 41.5 Å². The predicted octanol–water partition coefficient (Wildman–Crippen LogP) is 3.46. The molecule has 1 aliphatic heterocycles. The van der Waals surface area contributed by atoms with Gasteiger partial charge in [0.25, 0.3) is 0 Å². The van der Waals surface area contributed by atoms with Gasteiger partial charge >= 0.3 is 0 Å². The zero-order valence-electron chi connectivity index (χ0n) is 16.2. The van der Waals surface area contributed by atoms with Gasteiger partial charge in [0.1, 0.15) is 5.75 Å². The normalized spacial score (nSPS) is 16.6. The highest BCUT2D eigenvalue weighted by molar-refractivity contribution is 8.14. The van der Waals surface area contributed by atoms with Gasteiger partial charge in [-0.2, -0.15) is 0 Å². The fraction of sp³-hybridized carbons (Fsp3) is 0.238. The highest BCUT2D eigenvalue weighted by atomic mass is 32.2. The third-order valence-electron chi connectivity index (χ3n) is 4.43. The van der Waals surface area contributed by atoms with Gasteiger partial charge in [0.15, 0.2) is 15.0 Å². The van der Waals surface area contributed by atoms with Crippen molar-refractivity contribution in [3.05, 3.63) is 65.7 Å². The molecule has 3 rings (SSSR count). The van der Waals surface area contributed by atoms with Crippen molar-refractivity contribution in [3.8, 4) is 5.75 Å². The fourth-order valence-electron chi connectivity index (χ4n) is 2.71. The SMILES string of the molecule is CCS(=O)(=O)c1ccc(/C=C/C(=O)NC2=NC(c3ccc(OC)cc3)CS2)cc1. The van der Waals surface area contributed by atoms with E-state index in [4.69, 9.17) is 4.74 Å². The maximum atomic E-state index is 12.2. The minimum Gasteiger partial charge on any atom is -0.497 e. The second kappa shape index (κ2) is 9.28. The Bertz CT molecular complexity index is 1030. The molecule has 6 nitrogen and oxygen atoms in total. The Morgan fingerprint density at radius 3 is 2.52 bits per heavy atom. The molecule has 0 fully saturated rings. The van der Waals surface area contributed by atoms with E-state index in [0.29, 0.717) is 5.17 Å². The molecule has 1 amide bonds. The van der Waals surface area contributed by atoms with Crippen molar-refractivity contribution in [3.63, 3.8) is 0 Å². The van der Waals surface area contributed by atoms with Crippen LogP contribution in [0, 0.1) is 0 Å². The van der Waals surface area contributed by atoms with E-state index < -0.39 is 9.84 Å². The first-order valence-corrected chi connectivity index (χ1v) is 11.7. The zero-order valence-corrected chi connectivity index (χ0v) is 17.8. The molecule has 0 radical (unpaired) electrons. The van der Waals surface area contributed by atoms with Crippen LogP contribution in [0.15, 0.2) is 64.5 Å². The Balaban J connectivity index is 1.59. The summed E-state index contributed by atoms with van der Waals surface area (Å²) in [7, 11) is -1.60. The molecule has 2 aromatic rings. The van der Waals surface area contributed by atoms with Crippen LogP contribution in [0.25, 0.3) is 6.08 Å². The van der Waals surface area contributed by atoms with Crippen molar-refractivity contribution in [1.82, 2.24) is 5.32 Å². The van der Waals surface area contributed by atoms with E-state index in [0.717, 1.165) is 22.6 Å². The van der Waals surface area contributed by atoms with Crippen LogP contribution in [0.2, 0.25) is 0 Å². The molecule has 2 aromatic carbocycles. The molecule has 1 N–H and O–H groups in total. The van der Waals surface area contributed by atoms with E-state index in [9.17, 15) is 13.2 Å². The number of thioether (sulfide) groups is 1. The lowest BCUT2D eigenvalue weighted by Crippen LogP contribution is -2.25. The maximum absolute atomic E-state index is 12.2. The van der Waals surface area contributed by atoms with Crippen LogP contribution in [0.1, 0.15) is 24.1 Å². The molecule has 1 heterocycles. The number of nitrogens with zero attached hydrogens (tertiary/aromatic N) is 1. The molecule has 0 bridgehead atoms. The van der Waals surface area contributed by atoms with Crippen LogP contribution in [0.3, 0.4) is 0 Å². The lowest BCUT2D eigenvalue weighted by atomic mass is 10.1.